The monoisotopic (exact) mass is 346 g/mol. The van der Waals surface area contributed by atoms with Crippen LogP contribution in [0.2, 0.25) is 5.02 Å². The molecular formula is C14H14ClF3N4O. The minimum Gasteiger partial charge on any atom is -0.317 e. The summed E-state index contributed by atoms with van der Waals surface area (Å²) in [5.74, 6) is -0.117. The molecule has 0 atom stereocenters. The summed E-state index contributed by atoms with van der Waals surface area (Å²) >= 11 is 5.74. The number of rotatable bonds is 4. The standard InChI is InChI=1S/C14H14ClF3N4O/c1-8(2)7-22-4-3-19-13(22)21-12(23)11-10(15)5-9(6-20-11)14(16,17)18/h3-6,8H,7H2,1-2H3,(H,19,21,23). The highest BCUT2D eigenvalue weighted by Crippen LogP contribution is 2.31. The van der Waals surface area contributed by atoms with Crippen LogP contribution in [0, 0.1) is 5.92 Å². The number of amides is 1. The summed E-state index contributed by atoms with van der Waals surface area (Å²) in [5.41, 5.74) is -1.31. The van der Waals surface area contributed by atoms with Gasteiger partial charge >= 0.3 is 6.18 Å². The molecule has 23 heavy (non-hydrogen) atoms. The number of nitrogens with one attached hydrogen (secondary N) is 1. The third-order valence-corrected chi connectivity index (χ3v) is 3.17. The summed E-state index contributed by atoms with van der Waals surface area (Å²) < 4.78 is 39.4. The van der Waals surface area contributed by atoms with E-state index >= 15 is 0 Å². The third-order valence-electron chi connectivity index (χ3n) is 2.89. The van der Waals surface area contributed by atoms with Gasteiger partial charge in [0.15, 0.2) is 0 Å². The lowest BCUT2D eigenvalue weighted by atomic mass is 10.2. The van der Waals surface area contributed by atoms with Crippen molar-refractivity contribution in [2.75, 3.05) is 5.32 Å². The number of carbonyl (C=O) groups excluding carboxylic acids is 1. The predicted molar refractivity (Wildman–Crippen MR) is 79.3 cm³/mol. The Bertz CT molecular complexity index is 712. The van der Waals surface area contributed by atoms with Crippen LogP contribution in [0.5, 0.6) is 0 Å². The average molecular weight is 347 g/mol. The number of aromatic nitrogens is 3. The van der Waals surface area contributed by atoms with Crippen LogP contribution >= 0.6 is 11.6 Å². The Morgan fingerprint density at radius 3 is 2.65 bits per heavy atom. The Kier molecular flexibility index (Phi) is 4.93. The molecule has 2 heterocycles. The molecule has 0 fully saturated rings. The number of carbonyl (C=O) groups is 1. The SMILES string of the molecule is CC(C)Cn1ccnc1NC(=O)c1ncc(C(F)(F)F)cc1Cl. The smallest absolute Gasteiger partial charge is 0.317 e. The van der Waals surface area contributed by atoms with Gasteiger partial charge in [-0.25, -0.2) is 9.97 Å². The zero-order chi connectivity index (χ0) is 17.2. The van der Waals surface area contributed by atoms with Crippen molar-refractivity contribution in [3.8, 4) is 0 Å². The molecular weight excluding hydrogens is 333 g/mol. The molecule has 1 amide bonds. The molecule has 5 nitrogen and oxygen atoms in total. The third kappa shape index (κ3) is 4.22. The Labute approximate surface area is 135 Å². The molecule has 0 aliphatic carbocycles. The van der Waals surface area contributed by atoms with Crippen molar-refractivity contribution in [2.45, 2.75) is 26.6 Å². The highest BCUT2D eigenvalue weighted by atomic mass is 35.5. The van der Waals surface area contributed by atoms with Crippen LogP contribution in [0.15, 0.2) is 24.7 Å². The van der Waals surface area contributed by atoms with E-state index in [1.54, 1.807) is 10.8 Å². The largest absolute Gasteiger partial charge is 0.417 e. The Morgan fingerprint density at radius 1 is 1.39 bits per heavy atom. The fourth-order valence-electron chi connectivity index (χ4n) is 1.89. The van der Waals surface area contributed by atoms with Crippen LogP contribution in [0.25, 0.3) is 0 Å². The lowest BCUT2D eigenvalue weighted by Gasteiger charge is -2.12. The number of hydrogen-bond donors (Lipinski definition) is 1. The quantitative estimate of drug-likeness (QED) is 0.914. The maximum Gasteiger partial charge on any atom is 0.417 e. The summed E-state index contributed by atoms with van der Waals surface area (Å²) in [5, 5.41) is 2.12. The van der Waals surface area contributed by atoms with Crippen molar-refractivity contribution in [3.63, 3.8) is 0 Å². The molecule has 2 aromatic heterocycles. The second kappa shape index (κ2) is 6.57. The Balaban J connectivity index is 2.20. The van der Waals surface area contributed by atoms with Gasteiger partial charge in [-0.05, 0) is 12.0 Å². The summed E-state index contributed by atoms with van der Waals surface area (Å²) in [7, 11) is 0. The molecule has 0 saturated carbocycles. The topological polar surface area (TPSA) is 59.8 Å². The lowest BCUT2D eigenvalue weighted by Crippen LogP contribution is -2.19. The Morgan fingerprint density at radius 2 is 2.09 bits per heavy atom. The molecule has 0 saturated heterocycles. The molecule has 2 rings (SSSR count). The molecule has 0 aliphatic heterocycles. The molecule has 0 aromatic carbocycles. The minimum absolute atomic E-state index is 0.279. The van der Waals surface area contributed by atoms with Gasteiger partial charge in [0.25, 0.3) is 5.91 Å². The number of anilines is 1. The van der Waals surface area contributed by atoms with Crippen molar-refractivity contribution in [1.82, 2.24) is 14.5 Å². The van der Waals surface area contributed by atoms with E-state index in [0.29, 0.717) is 24.7 Å². The van der Waals surface area contributed by atoms with Gasteiger partial charge in [-0.15, -0.1) is 0 Å². The first-order valence-electron chi connectivity index (χ1n) is 6.73. The fourth-order valence-corrected chi connectivity index (χ4v) is 2.15. The second-order valence-corrected chi connectivity index (χ2v) is 5.71. The van der Waals surface area contributed by atoms with Crippen molar-refractivity contribution in [3.05, 3.63) is 40.9 Å². The van der Waals surface area contributed by atoms with E-state index < -0.39 is 17.6 Å². The van der Waals surface area contributed by atoms with Crippen LogP contribution in [-0.2, 0) is 12.7 Å². The second-order valence-electron chi connectivity index (χ2n) is 5.30. The van der Waals surface area contributed by atoms with E-state index in [4.69, 9.17) is 11.6 Å². The van der Waals surface area contributed by atoms with Gasteiger partial charge in [0.05, 0.1) is 10.6 Å². The van der Waals surface area contributed by atoms with Gasteiger partial charge < -0.3 is 4.57 Å². The molecule has 0 bridgehead atoms. The zero-order valence-electron chi connectivity index (χ0n) is 12.4. The maximum atomic E-state index is 12.6. The van der Waals surface area contributed by atoms with Crippen LogP contribution in [0.4, 0.5) is 19.1 Å². The first-order chi connectivity index (χ1) is 10.7. The fraction of sp³-hybridized carbons (Fsp3) is 0.357. The van der Waals surface area contributed by atoms with Crippen LogP contribution in [0.1, 0.15) is 29.9 Å². The van der Waals surface area contributed by atoms with Gasteiger partial charge in [-0.3, -0.25) is 10.1 Å². The number of imidazole rings is 1. The lowest BCUT2D eigenvalue weighted by molar-refractivity contribution is -0.137. The maximum absolute atomic E-state index is 12.6. The molecule has 0 radical (unpaired) electrons. The molecule has 124 valence electrons. The molecule has 9 heteroatoms. The molecule has 1 N–H and O–H groups in total. The van der Waals surface area contributed by atoms with Gasteiger partial charge in [-0.2, -0.15) is 13.2 Å². The molecule has 0 unspecified atom stereocenters. The van der Waals surface area contributed by atoms with E-state index in [1.807, 2.05) is 13.8 Å². The molecule has 2 aromatic rings. The van der Waals surface area contributed by atoms with Crippen molar-refractivity contribution in [1.29, 1.82) is 0 Å². The summed E-state index contributed by atoms with van der Waals surface area (Å²) in [6.07, 6.45) is -0.794. The van der Waals surface area contributed by atoms with Gasteiger partial charge in [0.2, 0.25) is 5.95 Å². The minimum atomic E-state index is -4.57. The van der Waals surface area contributed by atoms with E-state index in [9.17, 15) is 18.0 Å². The number of alkyl halides is 3. The zero-order valence-corrected chi connectivity index (χ0v) is 13.1. The first kappa shape index (κ1) is 17.3. The summed E-state index contributed by atoms with van der Waals surface area (Å²) in [6, 6.07) is 0.671. The van der Waals surface area contributed by atoms with Crippen LogP contribution in [0.3, 0.4) is 0 Å². The van der Waals surface area contributed by atoms with Gasteiger partial charge in [-0.1, -0.05) is 25.4 Å². The van der Waals surface area contributed by atoms with E-state index in [0.717, 1.165) is 0 Å². The normalized spacial score (nSPS) is 11.8. The average Bonchev–Trinajstić information content (AvgIpc) is 2.83. The first-order valence-corrected chi connectivity index (χ1v) is 7.11. The molecule has 0 spiro atoms. The predicted octanol–water partition coefficient (Wildman–Crippen LogP) is 3.86. The Hall–Kier alpha value is -2.09. The van der Waals surface area contributed by atoms with E-state index in [2.05, 4.69) is 15.3 Å². The highest BCUT2D eigenvalue weighted by molar-refractivity contribution is 6.34. The van der Waals surface area contributed by atoms with E-state index in [1.165, 1.54) is 6.20 Å². The summed E-state index contributed by atoms with van der Waals surface area (Å²) in [4.78, 5) is 19.7. The van der Waals surface area contributed by atoms with Crippen molar-refractivity contribution in [2.24, 2.45) is 5.92 Å². The van der Waals surface area contributed by atoms with E-state index in [-0.39, 0.29) is 16.7 Å². The van der Waals surface area contributed by atoms with Crippen molar-refractivity contribution < 1.29 is 18.0 Å². The number of nitrogens with zero attached hydrogens (tertiary/aromatic N) is 3. The highest BCUT2D eigenvalue weighted by Gasteiger charge is 2.32. The molecule has 0 aliphatic rings. The number of hydrogen-bond acceptors (Lipinski definition) is 3. The van der Waals surface area contributed by atoms with Crippen LogP contribution < -0.4 is 5.32 Å². The van der Waals surface area contributed by atoms with Gasteiger partial charge in [0.1, 0.15) is 5.69 Å². The van der Waals surface area contributed by atoms with Crippen molar-refractivity contribution >= 4 is 23.5 Å². The van der Waals surface area contributed by atoms with Gasteiger partial charge in [0, 0.05) is 25.1 Å². The van der Waals surface area contributed by atoms with Crippen LogP contribution in [-0.4, -0.2) is 20.4 Å². The number of pyridine rings is 1. The number of halogens is 4. The summed E-state index contributed by atoms with van der Waals surface area (Å²) in [6.45, 7) is 4.63.